The van der Waals surface area contributed by atoms with Gasteiger partial charge < -0.3 is 4.74 Å². The molecule has 0 aliphatic heterocycles. The van der Waals surface area contributed by atoms with Crippen molar-refractivity contribution in [3.05, 3.63) is 45.3 Å². The highest BCUT2D eigenvalue weighted by Crippen LogP contribution is 2.20. The van der Waals surface area contributed by atoms with Crippen LogP contribution < -0.4 is 4.74 Å². The molecule has 16 heavy (non-hydrogen) atoms. The number of rotatable bonds is 3. The van der Waals surface area contributed by atoms with Gasteiger partial charge in [0, 0.05) is 11.8 Å². The zero-order valence-electron chi connectivity index (χ0n) is 9.27. The standard InChI is InChI=1S/C12H13IN2O/c1-9-3-4-11(16-2)10(7-9)8-15-6-5-12(13)14-15/h3-7H,8H2,1-2H3. The van der Waals surface area contributed by atoms with Crippen LogP contribution in [0, 0.1) is 10.6 Å². The van der Waals surface area contributed by atoms with Crippen LogP contribution in [0.3, 0.4) is 0 Å². The lowest BCUT2D eigenvalue weighted by molar-refractivity contribution is 0.407. The lowest BCUT2D eigenvalue weighted by atomic mass is 10.1. The predicted octanol–water partition coefficient (Wildman–Crippen LogP) is 2.85. The number of nitrogens with zero attached hydrogens (tertiary/aromatic N) is 2. The van der Waals surface area contributed by atoms with Gasteiger partial charge in [-0.1, -0.05) is 17.7 Å². The monoisotopic (exact) mass is 328 g/mol. The molecule has 0 fully saturated rings. The SMILES string of the molecule is COc1ccc(C)cc1Cn1ccc(I)n1. The van der Waals surface area contributed by atoms with E-state index in [0.29, 0.717) is 0 Å². The van der Waals surface area contributed by atoms with E-state index in [1.165, 1.54) is 5.56 Å². The second-order valence-corrected chi connectivity index (χ2v) is 4.76. The van der Waals surface area contributed by atoms with Crippen molar-refractivity contribution in [3.63, 3.8) is 0 Å². The Bertz CT molecular complexity index is 494. The average Bonchev–Trinajstić information content (AvgIpc) is 2.64. The highest BCUT2D eigenvalue weighted by atomic mass is 127. The summed E-state index contributed by atoms with van der Waals surface area (Å²) in [5.74, 6) is 0.913. The van der Waals surface area contributed by atoms with E-state index in [0.717, 1.165) is 21.6 Å². The Labute approximate surface area is 109 Å². The molecule has 2 aromatic rings. The number of aryl methyl sites for hydroxylation is 1. The molecule has 0 saturated heterocycles. The summed E-state index contributed by atoms with van der Waals surface area (Å²) in [5, 5.41) is 4.36. The van der Waals surface area contributed by atoms with Crippen LogP contribution in [0.15, 0.2) is 30.5 Å². The van der Waals surface area contributed by atoms with Crippen molar-refractivity contribution in [1.29, 1.82) is 0 Å². The maximum absolute atomic E-state index is 5.34. The maximum Gasteiger partial charge on any atom is 0.123 e. The van der Waals surface area contributed by atoms with E-state index in [-0.39, 0.29) is 0 Å². The van der Waals surface area contributed by atoms with Gasteiger partial charge in [-0.25, -0.2) is 0 Å². The van der Waals surface area contributed by atoms with Gasteiger partial charge in [0.1, 0.15) is 9.45 Å². The van der Waals surface area contributed by atoms with Crippen molar-refractivity contribution in [1.82, 2.24) is 9.78 Å². The van der Waals surface area contributed by atoms with Gasteiger partial charge in [0.15, 0.2) is 0 Å². The molecular formula is C12H13IN2O. The lowest BCUT2D eigenvalue weighted by Gasteiger charge is -2.09. The summed E-state index contributed by atoms with van der Waals surface area (Å²) in [6, 6.07) is 8.17. The number of methoxy groups -OCH3 is 1. The van der Waals surface area contributed by atoms with Gasteiger partial charge >= 0.3 is 0 Å². The first kappa shape index (κ1) is 11.4. The third-order valence-corrected chi connectivity index (χ3v) is 2.95. The Morgan fingerprint density at radius 2 is 2.19 bits per heavy atom. The van der Waals surface area contributed by atoms with Crippen molar-refractivity contribution < 1.29 is 4.74 Å². The van der Waals surface area contributed by atoms with Gasteiger partial charge in [-0.05, 0) is 41.6 Å². The van der Waals surface area contributed by atoms with Crippen molar-refractivity contribution in [2.75, 3.05) is 7.11 Å². The van der Waals surface area contributed by atoms with Crippen LogP contribution in [0.4, 0.5) is 0 Å². The minimum atomic E-state index is 0.744. The molecule has 0 atom stereocenters. The van der Waals surface area contributed by atoms with Gasteiger partial charge in [-0.3, -0.25) is 4.68 Å². The molecule has 0 radical (unpaired) electrons. The van der Waals surface area contributed by atoms with Crippen molar-refractivity contribution in [2.45, 2.75) is 13.5 Å². The summed E-state index contributed by atoms with van der Waals surface area (Å²) in [6.45, 7) is 2.82. The Morgan fingerprint density at radius 1 is 1.38 bits per heavy atom. The molecule has 1 aromatic carbocycles. The Hall–Kier alpha value is -1.04. The average molecular weight is 328 g/mol. The van der Waals surface area contributed by atoms with Crippen LogP contribution >= 0.6 is 22.6 Å². The highest BCUT2D eigenvalue weighted by Gasteiger charge is 2.04. The minimum Gasteiger partial charge on any atom is -0.496 e. The zero-order chi connectivity index (χ0) is 11.5. The topological polar surface area (TPSA) is 27.1 Å². The fourth-order valence-corrected chi connectivity index (χ4v) is 2.07. The predicted molar refractivity (Wildman–Crippen MR) is 71.8 cm³/mol. The Morgan fingerprint density at radius 3 is 2.81 bits per heavy atom. The van der Waals surface area contributed by atoms with Crippen molar-refractivity contribution in [3.8, 4) is 5.75 Å². The van der Waals surface area contributed by atoms with Crippen LogP contribution in [0.5, 0.6) is 5.75 Å². The highest BCUT2D eigenvalue weighted by molar-refractivity contribution is 14.1. The smallest absolute Gasteiger partial charge is 0.123 e. The molecule has 1 aromatic heterocycles. The van der Waals surface area contributed by atoms with Gasteiger partial charge in [0.05, 0.1) is 13.7 Å². The molecule has 3 nitrogen and oxygen atoms in total. The molecule has 84 valence electrons. The first-order valence-electron chi connectivity index (χ1n) is 5.01. The van der Waals surface area contributed by atoms with Crippen molar-refractivity contribution >= 4 is 22.6 Å². The summed E-state index contributed by atoms with van der Waals surface area (Å²) < 4.78 is 8.26. The van der Waals surface area contributed by atoms with E-state index in [1.54, 1.807) is 7.11 Å². The quantitative estimate of drug-likeness (QED) is 0.810. The molecule has 0 bridgehead atoms. The number of halogens is 1. The van der Waals surface area contributed by atoms with Crippen LogP contribution in [0.1, 0.15) is 11.1 Å². The van der Waals surface area contributed by atoms with Crippen LogP contribution in [-0.2, 0) is 6.54 Å². The third kappa shape index (κ3) is 2.55. The zero-order valence-corrected chi connectivity index (χ0v) is 11.4. The summed E-state index contributed by atoms with van der Waals surface area (Å²) in [5.41, 5.74) is 2.39. The number of aromatic nitrogens is 2. The first-order chi connectivity index (χ1) is 7.69. The lowest BCUT2D eigenvalue weighted by Crippen LogP contribution is -2.03. The van der Waals surface area contributed by atoms with Crippen LogP contribution in [-0.4, -0.2) is 16.9 Å². The maximum atomic E-state index is 5.34. The molecule has 0 saturated carbocycles. The van der Waals surface area contributed by atoms with Crippen molar-refractivity contribution in [2.24, 2.45) is 0 Å². The minimum absolute atomic E-state index is 0.744. The molecular weight excluding hydrogens is 315 g/mol. The fourth-order valence-electron chi connectivity index (χ4n) is 1.63. The first-order valence-corrected chi connectivity index (χ1v) is 6.09. The largest absolute Gasteiger partial charge is 0.496 e. The Balaban J connectivity index is 2.29. The molecule has 0 aliphatic carbocycles. The molecule has 2 rings (SSSR count). The number of ether oxygens (including phenoxy) is 1. The molecule has 0 amide bonds. The van der Waals surface area contributed by atoms with Gasteiger partial charge in [-0.2, -0.15) is 5.10 Å². The number of benzene rings is 1. The van der Waals surface area contributed by atoms with Crippen LogP contribution in [0.25, 0.3) is 0 Å². The molecule has 1 heterocycles. The van der Waals surface area contributed by atoms with E-state index in [1.807, 2.05) is 23.0 Å². The van der Waals surface area contributed by atoms with E-state index in [4.69, 9.17) is 4.74 Å². The van der Waals surface area contributed by atoms with E-state index >= 15 is 0 Å². The second kappa shape index (κ2) is 4.86. The van der Waals surface area contributed by atoms with E-state index in [2.05, 4.69) is 46.7 Å². The molecule has 4 heteroatoms. The third-order valence-electron chi connectivity index (χ3n) is 2.38. The van der Waals surface area contributed by atoms with E-state index < -0.39 is 0 Å². The summed E-state index contributed by atoms with van der Waals surface area (Å²) in [7, 11) is 1.70. The molecule has 0 aliphatic rings. The molecule has 0 spiro atoms. The fraction of sp³-hybridized carbons (Fsp3) is 0.250. The number of hydrogen-bond acceptors (Lipinski definition) is 2. The normalized spacial score (nSPS) is 10.4. The van der Waals surface area contributed by atoms with E-state index in [9.17, 15) is 0 Å². The van der Waals surface area contributed by atoms with Crippen LogP contribution in [0.2, 0.25) is 0 Å². The molecule has 0 N–H and O–H groups in total. The number of hydrogen-bond donors (Lipinski definition) is 0. The second-order valence-electron chi connectivity index (χ2n) is 3.65. The van der Waals surface area contributed by atoms with Gasteiger partial charge in [0.2, 0.25) is 0 Å². The van der Waals surface area contributed by atoms with Gasteiger partial charge in [-0.15, -0.1) is 0 Å². The molecule has 0 unspecified atom stereocenters. The summed E-state index contributed by atoms with van der Waals surface area (Å²) in [6.07, 6.45) is 1.98. The summed E-state index contributed by atoms with van der Waals surface area (Å²) in [4.78, 5) is 0. The Kier molecular flexibility index (Phi) is 3.48. The summed E-state index contributed by atoms with van der Waals surface area (Å²) >= 11 is 2.20. The van der Waals surface area contributed by atoms with Gasteiger partial charge in [0.25, 0.3) is 0 Å².